The van der Waals surface area contributed by atoms with Gasteiger partial charge >= 0.3 is 0 Å². The molecule has 0 bridgehead atoms. The smallest absolute Gasteiger partial charge is 0.120 e. The fourth-order valence-electron chi connectivity index (χ4n) is 0.803. The normalized spacial score (nSPS) is 14.0. The van der Waals surface area contributed by atoms with Gasteiger partial charge in [0.05, 0.1) is 0 Å². The van der Waals surface area contributed by atoms with Crippen LogP contribution in [0.2, 0.25) is 0 Å². The summed E-state index contributed by atoms with van der Waals surface area (Å²) in [5, 5.41) is 3.78. The molecule has 0 saturated carbocycles. The largest absolute Gasteiger partial charge is 0.246 e. The molecule has 1 heterocycles. The highest BCUT2D eigenvalue weighted by molar-refractivity contribution is 7.97. The third kappa shape index (κ3) is 0.885. The van der Waals surface area contributed by atoms with Gasteiger partial charge in [-0.1, -0.05) is 18.2 Å². The van der Waals surface area contributed by atoms with Crippen LogP contribution in [0.1, 0.15) is 5.56 Å². The minimum absolute atomic E-state index is 1.06. The molecular formula is C7H5N2S. The molecule has 1 radical (unpaired) electrons. The van der Waals surface area contributed by atoms with Crippen molar-refractivity contribution in [2.45, 2.75) is 4.90 Å². The molecule has 1 aromatic carbocycles. The molecule has 1 aliphatic rings. The fourth-order valence-corrected chi connectivity index (χ4v) is 1.36. The monoisotopic (exact) mass is 149 g/mol. The van der Waals surface area contributed by atoms with E-state index in [1.54, 1.807) is 0 Å². The Bertz CT molecular complexity index is 270. The number of nitrogens with one attached hydrogen (secondary N) is 1. The maximum absolute atomic E-state index is 3.78. The van der Waals surface area contributed by atoms with E-state index in [9.17, 15) is 0 Å². The van der Waals surface area contributed by atoms with Gasteiger partial charge in [0.15, 0.2) is 0 Å². The molecule has 2 rings (SSSR count). The van der Waals surface area contributed by atoms with Crippen molar-refractivity contribution in [1.82, 2.24) is 4.83 Å². The van der Waals surface area contributed by atoms with Gasteiger partial charge in [0.2, 0.25) is 0 Å². The lowest BCUT2D eigenvalue weighted by atomic mass is 10.2. The molecule has 0 aliphatic carbocycles. The zero-order valence-electron chi connectivity index (χ0n) is 5.16. The first kappa shape index (κ1) is 5.80. The third-order valence-electron chi connectivity index (χ3n) is 1.26. The Hall–Kier alpha value is -0.960. The SMILES string of the molecule is [C]1=NNSc2ccccc21. The molecule has 0 atom stereocenters. The Morgan fingerprint density at radius 3 is 3.20 bits per heavy atom. The van der Waals surface area contributed by atoms with Gasteiger partial charge in [-0.25, -0.2) is 4.83 Å². The molecule has 1 aliphatic heterocycles. The van der Waals surface area contributed by atoms with Gasteiger partial charge in [-0.15, -0.1) is 0 Å². The van der Waals surface area contributed by atoms with Crippen molar-refractivity contribution in [3.63, 3.8) is 0 Å². The van der Waals surface area contributed by atoms with Crippen molar-refractivity contribution >= 4 is 18.2 Å². The molecule has 0 fully saturated rings. The summed E-state index contributed by atoms with van der Waals surface area (Å²) in [5.41, 5.74) is 1.06. The van der Waals surface area contributed by atoms with Crippen LogP contribution in [0.5, 0.6) is 0 Å². The van der Waals surface area contributed by atoms with Gasteiger partial charge in [-0.05, 0) is 6.07 Å². The van der Waals surface area contributed by atoms with E-state index in [2.05, 4.69) is 16.1 Å². The summed E-state index contributed by atoms with van der Waals surface area (Å²) in [5.74, 6) is 0. The molecule has 0 amide bonds. The van der Waals surface area contributed by atoms with Crippen molar-refractivity contribution < 1.29 is 0 Å². The van der Waals surface area contributed by atoms with Crippen molar-refractivity contribution in [3.8, 4) is 0 Å². The standard InChI is InChI=1S/C7H5N2S/c1-2-4-7-6(3-1)5-8-9-10-7/h1-4,9H. The van der Waals surface area contributed by atoms with Gasteiger partial charge in [-0.2, -0.15) is 5.10 Å². The van der Waals surface area contributed by atoms with Crippen molar-refractivity contribution in [2.75, 3.05) is 0 Å². The Morgan fingerprint density at radius 1 is 1.40 bits per heavy atom. The Labute approximate surface area is 63.5 Å². The number of rotatable bonds is 0. The van der Waals surface area contributed by atoms with Gasteiger partial charge in [-0.3, -0.25) is 0 Å². The number of fused-ring (bicyclic) bond motifs is 1. The Balaban J connectivity index is 2.54. The fraction of sp³-hybridized carbons (Fsp3) is 0. The highest BCUT2D eigenvalue weighted by Gasteiger charge is 2.02. The van der Waals surface area contributed by atoms with Gasteiger partial charge in [0, 0.05) is 22.4 Å². The summed E-state index contributed by atoms with van der Waals surface area (Å²) in [6.07, 6.45) is 2.86. The van der Waals surface area contributed by atoms with Crippen molar-refractivity contribution in [2.24, 2.45) is 5.10 Å². The van der Waals surface area contributed by atoms with Crippen molar-refractivity contribution in [3.05, 3.63) is 29.8 Å². The average molecular weight is 149 g/mol. The van der Waals surface area contributed by atoms with Gasteiger partial charge in [0.25, 0.3) is 0 Å². The van der Waals surface area contributed by atoms with Crippen LogP contribution >= 0.6 is 11.9 Å². The lowest BCUT2D eigenvalue weighted by molar-refractivity contribution is 1.10. The lowest BCUT2D eigenvalue weighted by Crippen LogP contribution is -2.01. The zero-order valence-corrected chi connectivity index (χ0v) is 5.98. The first-order valence-electron chi connectivity index (χ1n) is 2.93. The van der Waals surface area contributed by atoms with E-state index < -0.39 is 0 Å². The maximum atomic E-state index is 3.78. The van der Waals surface area contributed by atoms with E-state index >= 15 is 0 Å². The highest BCUT2D eigenvalue weighted by Crippen LogP contribution is 2.20. The summed E-state index contributed by atoms with van der Waals surface area (Å²) in [4.78, 5) is 3.95. The summed E-state index contributed by atoms with van der Waals surface area (Å²) >= 11 is 1.51. The predicted octanol–water partition coefficient (Wildman–Crippen LogP) is 1.51. The van der Waals surface area contributed by atoms with Crippen LogP contribution in [0.3, 0.4) is 0 Å². The topological polar surface area (TPSA) is 24.4 Å². The van der Waals surface area contributed by atoms with E-state index in [1.165, 1.54) is 16.8 Å². The van der Waals surface area contributed by atoms with E-state index in [-0.39, 0.29) is 0 Å². The number of hydrogen-bond donors (Lipinski definition) is 1. The molecule has 10 heavy (non-hydrogen) atoms. The van der Waals surface area contributed by atoms with Crippen LogP contribution in [0.25, 0.3) is 0 Å². The van der Waals surface area contributed by atoms with Crippen LogP contribution in [0.15, 0.2) is 34.3 Å². The Kier molecular flexibility index (Phi) is 1.36. The molecule has 0 unspecified atom stereocenters. The molecule has 3 heteroatoms. The second-order valence-electron chi connectivity index (χ2n) is 1.91. The number of hydrogen-bond acceptors (Lipinski definition) is 3. The van der Waals surface area contributed by atoms with Gasteiger partial charge < -0.3 is 0 Å². The summed E-state index contributed by atoms with van der Waals surface area (Å²) in [6, 6.07) is 8.01. The quantitative estimate of drug-likeness (QED) is 0.565. The average Bonchev–Trinajstić information content (AvgIpc) is 2.05. The number of nitrogens with zero attached hydrogens (tertiary/aromatic N) is 1. The summed E-state index contributed by atoms with van der Waals surface area (Å²) in [7, 11) is 0. The van der Waals surface area contributed by atoms with E-state index in [1.807, 2.05) is 24.3 Å². The van der Waals surface area contributed by atoms with E-state index in [0.29, 0.717) is 0 Å². The number of benzene rings is 1. The van der Waals surface area contributed by atoms with Gasteiger partial charge in [0.1, 0.15) is 6.21 Å². The first-order chi connectivity index (χ1) is 4.97. The molecule has 1 aromatic rings. The van der Waals surface area contributed by atoms with Crippen LogP contribution in [-0.4, -0.2) is 6.21 Å². The summed E-state index contributed by atoms with van der Waals surface area (Å²) < 4.78 is 0. The molecular weight excluding hydrogens is 144 g/mol. The highest BCUT2D eigenvalue weighted by atomic mass is 32.2. The third-order valence-corrected chi connectivity index (χ3v) is 2.02. The van der Waals surface area contributed by atoms with Crippen LogP contribution in [0, 0.1) is 0 Å². The molecule has 49 valence electrons. The molecule has 1 N–H and O–H groups in total. The lowest BCUT2D eigenvalue weighted by Gasteiger charge is -2.06. The van der Waals surface area contributed by atoms with Crippen LogP contribution < -0.4 is 4.83 Å². The second kappa shape index (κ2) is 2.34. The molecule has 0 aromatic heterocycles. The second-order valence-corrected chi connectivity index (χ2v) is 2.74. The Morgan fingerprint density at radius 2 is 2.30 bits per heavy atom. The molecule has 0 saturated heterocycles. The minimum Gasteiger partial charge on any atom is -0.246 e. The van der Waals surface area contributed by atoms with E-state index in [0.717, 1.165) is 5.56 Å². The van der Waals surface area contributed by atoms with E-state index in [4.69, 9.17) is 0 Å². The van der Waals surface area contributed by atoms with Crippen LogP contribution in [0.4, 0.5) is 0 Å². The first-order valence-corrected chi connectivity index (χ1v) is 3.75. The molecule has 0 spiro atoms. The zero-order chi connectivity index (χ0) is 6.81. The van der Waals surface area contributed by atoms with Crippen molar-refractivity contribution in [1.29, 1.82) is 0 Å². The predicted molar refractivity (Wildman–Crippen MR) is 42.0 cm³/mol. The maximum Gasteiger partial charge on any atom is 0.120 e. The van der Waals surface area contributed by atoms with Crippen LogP contribution in [-0.2, 0) is 0 Å². The minimum atomic E-state index is 1.06. The summed E-state index contributed by atoms with van der Waals surface area (Å²) in [6.45, 7) is 0. The molecule has 2 nitrogen and oxygen atoms in total. The number of hydrazone groups is 1.